The Morgan fingerprint density at radius 2 is 2.21 bits per heavy atom. The molecule has 0 aliphatic carbocycles. The second kappa shape index (κ2) is 4.12. The number of ether oxygens (including phenoxy) is 1. The van der Waals surface area contributed by atoms with Crippen LogP contribution in [0.15, 0.2) is 12.1 Å². The maximum Gasteiger partial charge on any atom is 0.338 e. The standard InChI is InChI=1S/C10H8ClNO2/c1-6-7(10(13)14-2)3-4-9(11)8(6)5-12/h3-4H,1-2H3. The topological polar surface area (TPSA) is 50.1 Å². The molecule has 0 aliphatic rings. The maximum atomic E-state index is 11.2. The Labute approximate surface area is 86.9 Å². The van der Waals surface area contributed by atoms with Crippen LogP contribution in [0.4, 0.5) is 0 Å². The third kappa shape index (κ3) is 1.70. The second-order valence-electron chi connectivity index (χ2n) is 2.70. The van der Waals surface area contributed by atoms with Gasteiger partial charge in [0.25, 0.3) is 0 Å². The van der Waals surface area contributed by atoms with Gasteiger partial charge in [0, 0.05) is 0 Å². The average molecular weight is 210 g/mol. The van der Waals surface area contributed by atoms with Crippen LogP contribution in [0, 0.1) is 18.3 Å². The van der Waals surface area contributed by atoms with Gasteiger partial charge in [-0.2, -0.15) is 5.26 Å². The van der Waals surface area contributed by atoms with Gasteiger partial charge in [0.05, 0.1) is 23.3 Å². The van der Waals surface area contributed by atoms with E-state index in [9.17, 15) is 4.79 Å². The molecule has 1 aromatic rings. The van der Waals surface area contributed by atoms with Gasteiger partial charge in [-0.1, -0.05) is 11.6 Å². The highest BCUT2D eigenvalue weighted by atomic mass is 35.5. The van der Waals surface area contributed by atoms with Crippen LogP contribution in [0.25, 0.3) is 0 Å². The lowest BCUT2D eigenvalue weighted by molar-refractivity contribution is 0.0600. The summed E-state index contributed by atoms with van der Waals surface area (Å²) in [6.45, 7) is 1.66. The number of halogens is 1. The lowest BCUT2D eigenvalue weighted by atomic mass is 10.0. The molecular formula is C10H8ClNO2. The first-order valence-electron chi connectivity index (χ1n) is 3.89. The predicted molar refractivity (Wildman–Crippen MR) is 52.2 cm³/mol. The minimum absolute atomic E-state index is 0.314. The maximum absolute atomic E-state index is 11.2. The number of rotatable bonds is 1. The molecule has 4 heteroatoms. The Balaban J connectivity index is 3.37. The van der Waals surface area contributed by atoms with Gasteiger partial charge < -0.3 is 4.74 Å². The minimum Gasteiger partial charge on any atom is -0.465 e. The van der Waals surface area contributed by atoms with E-state index in [0.29, 0.717) is 21.7 Å². The van der Waals surface area contributed by atoms with E-state index in [-0.39, 0.29) is 0 Å². The number of esters is 1. The van der Waals surface area contributed by atoms with Crippen molar-refractivity contribution >= 4 is 17.6 Å². The number of nitriles is 1. The summed E-state index contributed by atoms with van der Waals surface area (Å²) in [4.78, 5) is 11.2. The molecule has 1 rings (SSSR count). The molecule has 0 saturated heterocycles. The molecule has 0 radical (unpaired) electrons. The summed E-state index contributed by atoms with van der Waals surface area (Å²) in [5.41, 5.74) is 1.23. The number of methoxy groups -OCH3 is 1. The molecule has 0 aliphatic heterocycles. The lowest BCUT2D eigenvalue weighted by Crippen LogP contribution is -2.05. The van der Waals surface area contributed by atoms with E-state index in [2.05, 4.69) is 4.74 Å². The Hall–Kier alpha value is -1.53. The molecule has 0 spiro atoms. The molecule has 0 saturated carbocycles. The first-order valence-corrected chi connectivity index (χ1v) is 4.27. The van der Waals surface area contributed by atoms with Gasteiger partial charge in [-0.25, -0.2) is 4.79 Å². The summed E-state index contributed by atoms with van der Waals surface area (Å²) < 4.78 is 4.57. The van der Waals surface area contributed by atoms with Crippen LogP contribution in [-0.4, -0.2) is 13.1 Å². The summed E-state index contributed by atoms with van der Waals surface area (Å²) in [5.74, 6) is -0.462. The van der Waals surface area contributed by atoms with Gasteiger partial charge >= 0.3 is 5.97 Å². The van der Waals surface area contributed by atoms with Crippen molar-refractivity contribution in [2.45, 2.75) is 6.92 Å². The fourth-order valence-corrected chi connectivity index (χ4v) is 1.39. The third-order valence-electron chi connectivity index (χ3n) is 1.93. The first-order chi connectivity index (χ1) is 6.61. The zero-order valence-corrected chi connectivity index (χ0v) is 8.55. The minimum atomic E-state index is -0.462. The summed E-state index contributed by atoms with van der Waals surface area (Å²) in [6, 6.07) is 5.00. The molecule has 0 unspecified atom stereocenters. The van der Waals surface area contributed by atoms with E-state index in [0.717, 1.165) is 0 Å². The Bertz CT molecular complexity index is 421. The van der Waals surface area contributed by atoms with Gasteiger partial charge in [0.1, 0.15) is 6.07 Å². The smallest absolute Gasteiger partial charge is 0.338 e. The molecule has 0 aromatic heterocycles. The van der Waals surface area contributed by atoms with Crippen LogP contribution in [0.5, 0.6) is 0 Å². The van der Waals surface area contributed by atoms with Crippen molar-refractivity contribution < 1.29 is 9.53 Å². The Kier molecular flexibility index (Phi) is 3.10. The van der Waals surface area contributed by atoms with Crippen molar-refractivity contribution in [3.05, 3.63) is 33.8 Å². The van der Waals surface area contributed by atoms with Crippen LogP contribution in [0.2, 0.25) is 5.02 Å². The normalized spacial score (nSPS) is 9.29. The number of carbonyl (C=O) groups is 1. The van der Waals surface area contributed by atoms with Gasteiger partial charge in [-0.3, -0.25) is 0 Å². The third-order valence-corrected chi connectivity index (χ3v) is 2.25. The van der Waals surface area contributed by atoms with Gasteiger partial charge in [-0.15, -0.1) is 0 Å². The van der Waals surface area contributed by atoms with E-state index in [1.54, 1.807) is 13.0 Å². The molecule has 0 bridgehead atoms. The van der Waals surface area contributed by atoms with Crippen molar-refractivity contribution in [1.82, 2.24) is 0 Å². The van der Waals surface area contributed by atoms with E-state index < -0.39 is 5.97 Å². The average Bonchev–Trinajstić information content (AvgIpc) is 2.18. The number of hydrogen-bond donors (Lipinski definition) is 0. The number of carbonyl (C=O) groups excluding carboxylic acids is 1. The largest absolute Gasteiger partial charge is 0.465 e. The van der Waals surface area contributed by atoms with Crippen molar-refractivity contribution in [2.24, 2.45) is 0 Å². The number of benzene rings is 1. The molecule has 72 valence electrons. The van der Waals surface area contributed by atoms with Crippen LogP contribution < -0.4 is 0 Å². The molecule has 0 N–H and O–H groups in total. The number of hydrogen-bond acceptors (Lipinski definition) is 3. The highest BCUT2D eigenvalue weighted by Crippen LogP contribution is 2.22. The fraction of sp³-hybridized carbons (Fsp3) is 0.200. The predicted octanol–water partition coefficient (Wildman–Crippen LogP) is 2.31. The summed E-state index contributed by atoms with van der Waals surface area (Å²) in [5, 5.41) is 9.14. The van der Waals surface area contributed by atoms with E-state index in [4.69, 9.17) is 16.9 Å². The fourth-order valence-electron chi connectivity index (χ4n) is 1.15. The SMILES string of the molecule is COC(=O)c1ccc(Cl)c(C#N)c1C. The van der Waals surface area contributed by atoms with E-state index in [1.165, 1.54) is 13.2 Å². The highest BCUT2D eigenvalue weighted by molar-refractivity contribution is 6.32. The Morgan fingerprint density at radius 3 is 2.71 bits per heavy atom. The molecule has 0 heterocycles. The monoisotopic (exact) mass is 209 g/mol. The van der Waals surface area contributed by atoms with Crippen LogP contribution in [-0.2, 0) is 4.74 Å². The van der Waals surface area contributed by atoms with Crippen molar-refractivity contribution in [3.8, 4) is 6.07 Å². The van der Waals surface area contributed by atoms with Gasteiger partial charge in [-0.05, 0) is 24.6 Å². The number of nitrogens with zero attached hydrogens (tertiary/aromatic N) is 1. The highest BCUT2D eigenvalue weighted by Gasteiger charge is 2.14. The van der Waals surface area contributed by atoms with Crippen LogP contribution in [0.1, 0.15) is 21.5 Å². The van der Waals surface area contributed by atoms with Crippen molar-refractivity contribution in [2.75, 3.05) is 7.11 Å². The molecular weight excluding hydrogens is 202 g/mol. The first kappa shape index (κ1) is 10.6. The second-order valence-corrected chi connectivity index (χ2v) is 3.11. The molecule has 14 heavy (non-hydrogen) atoms. The van der Waals surface area contributed by atoms with E-state index >= 15 is 0 Å². The molecule has 0 atom stereocenters. The lowest BCUT2D eigenvalue weighted by Gasteiger charge is -2.05. The van der Waals surface area contributed by atoms with Crippen LogP contribution >= 0.6 is 11.6 Å². The molecule has 0 fully saturated rings. The van der Waals surface area contributed by atoms with E-state index in [1.807, 2.05) is 6.07 Å². The van der Waals surface area contributed by atoms with Gasteiger partial charge in [0.15, 0.2) is 0 Å². The summed E-state index contributed by atoms with van der Waals surface area (Å²) in [6.07, 6.45) is 0. The zero-order chi connectivity index (χ0) is 10.7. The summed E-state index contributed by atoms with van der Waals surface area (Å²) in [7, 11) is 1.29. The Morgan fingerprint density at radius 1 is 1.57 bits per heavy atom. The molecule has 1 aromatic carbocycles. The van der Waals surface area contributed by atoms with Gasteiger partial charge in [0.2, 0.25) is 0 Å². The molecule has 3 nitrogen and oxygen atoms in total. The summed E-state index contributed by atoms with van der Waals surface area (Å²) >= 11 is 5.77. The van der Waals surface area contributed by atoms with Crippen molar-refractivity contribution in [1.29, 1.82) is 5.26 Å². The van der Waals surface area contributed by atoms with Crippen LogP contribution in [0.3, 0.4) is 0 Å². The van der Waals surface area contributed by atoms with Crippen molar-refractivity contribution in [3.63, 3.8) is 0 Å². The quantitative estimate of drug-likeness (QED) is 0.667. The zero-order valence-electron chi connectivity index (χ0n) is 7.80. The molecule has 0 amide bonds.